The highest BCUT2D eigenvalue weighted by atomic mass is 16.5. The van der Waals surface area contributed by atoms with E-state index >= 15 is 0 Å². The van der Waals surface area contributed by atoms with Crippen molar-refractivity contribution in [1.29, 1.82) is 0 Å². The summed E-state index contributed by atoms with van der Waals surface area (Å²) < 4.78 is 5.62. The van der Waals surface area contributed by atoms with Crippen molar-refractivity contribution >= 4 is 0 Å². The first-order valence-corrected chi connectivity index (χ1v) is 4.55. The minimum atomic E-state index is 0. The molecule has 1 saturated heterocycles. The molecule has 1 aromatic rings. The molecule has 0 aliphatic carbocycles. The molecule has 13 heavy (non-hydrogen) atoms. The van der Waals surface area contributed by atoms with Gasteiger partial charge in [-0.15, -0.1) is 0 Å². The van der Waals surface area contributed by atoms with Crippen molar-refractivity contribution in [2.45, 2.75) is 25.9 Å². The van der Waals surface area contributed by atoms with Gasteiger partial charge in [-0.2, -0.15) is 0 Å². The van der Waals surface area contributed by atoms with Crippen LogP contribution in [0.2, 0.25) is 0 Å². The van der Waals surface area contributed by atoms with E-state index in [1.54, 1.807) is 0 Å². The number of hydrogen-bond acceptors (Lipinski definition) is 1. The zero-order valence-corrected chi connectivity index (χ0v) is 7.92. The van der Waals surface area contributed by atoms with Gasteiger partial charge in [0.1, 0.15) is 0 Å². The van der Waals surface area contributed by atoms with E-state index in [0.717, 1.165) is 6.61 Å². The summed E-state index contributed by atoms with van der Waals surface area (Å²) in [6.07, 6.45) is 2.76. The van der Waals surface area contributed by atoms with Crippen LogP contribution in [-0.2, 0) is 4.74 Å². The van der Waals surface area contributed by atoms with E-state index < -0.39 is 0 Å². The van der Waals surface area contributed by atoms with Gasteiger partial charge in [0, 0.05) is 6.61 Å². The van der Waals surface area contributed by atoms with Crippen molar-refractivity contribution in [2.24, 2.45) is 0 Å². The third-order valence-electron chi connectivity index (χ3n) is 2.47. The number of aryl methyl sites for hydroxylation is 1. The molecule has 0 aromatic heterocycles. The second kappa shape index (κ2) is 4.40. The Balaban J connectivity index is 0.000000845. The normalized spacial score (nSPS) is 21.2. The minimum absolute atomic E-state index is 0. The molecule has 0 saturated carbocycles. The molecule has 2 heteroatoms. The minimum Gasteiger partial charge on any atom is -0.412 e. The molecule has 1 unspecified atom stereocenters. The van der Waals surface area contributed by atoms with Gasteiger partial charge in [-0.3, -0.25) is 0 Å². The quantitative estimate of drug-likeness (QED) is 0.651. The first-order chi connectivity index (χ1) is 5.88. The fourth-order valence-electron chi connectivity index (χ4n) is 1.77. The topological polar surface area (TPSA) is 40.7 Å². The fraction of sp³-hybridized carbons (Fsp3) is 0.455. The van der Waals surface area contributed by atoms with Crippen molar-refractivity contribution in [1.82, 2.24) is 0 Å². The Labute approximate surface area is 78.8 Å². The summed E-state index contributed by atoms with van der Waals surface area (Å²) in [4.78, 5) is 0. The van der Waals surface area contributed by atoms with Crippen LogP contribution in [-0.4, -0.2) is 12.1 Å². The van der Waals surface area contributed by atoms with Crippen LogP contribution < -0.4 is 0 Å². The van der Waals surface area contributed by atoms with Crippen LogP contribution in [0.5, 0.6) is 0 Å². The van der Waals surface area contributed by atoms with Gasteiger partial charge < -0.3 is 10.2 Å². The van der Waals surface area contributed by atoms with Gasteiger partial charge in [-0.25, -0.2) is 0 Å². The van der Waals surface area contributed by atoms with Gasteiger partial charge >= 0.3 is 0 Å². The molecule has 0 bridgehead atoms. The Kier molecular flexibility index (Phi) is 3.46. The van der Waals surface area contributed by atoms with E-state index in [-0.39, 0.29) is 5.48 Å². The van der Waals surface area contributed by atoms with Crippen LogP contribution in [0.15, 0.2) is 24.3 Å². The van der Waals surface area contributed by atoms with Gasteiger partial charge in [0.05, 0.1) is 6.10 Å². The van der Waals surface area contributed by atoms with E-state index in [9.17, 15) is 0 Å². The Morgan fingerprint density at radius 1 is 1.31 bits per heavy atom. The lowest BCUT2D eigenvalue weighted by Gasteiger charge is -2.11. The maximum atomic E-state index is 5.62. The lowest BCUT2D eigenvalue weighted by Crippen LogP contribution is -1.97. The summed E-state index contributed by atoms with van der Waals surface area (Å²) in [6.45, 7) is 3.08. The van der Waals surface area contributed by atoms with Gasteiger partial charge in [-0.1, -0.05) is 24.3 Å². The van der Waals surface area contributed by atoms with Crippen molar-refractivity contribution in [3.05, 3.63) is 35.4 Å². The van der Waals surface area contributed by atoms with Crippen molar-refractivity contribution < 1.29 is 10.2 Å². The van der Waals surface area contributed by atoms with Gasteiger partial charge in [0.15, 0.2) is 0 Å². The van der Waals surface area contributed by atoms with Gasteiger partial charge in [0.25, 0.3) is 0 Å². The molecule has 0 spiro atoms. The van der Waals surface area contributed by atoms with E-state index in [1.165, 1.54) is 24.0 Å². The SMILES string of the molecule is Cc1ccccc1C1CCCO1.O. The van der Waals surface area contributed by atoms with Crippen LogP contribution >= 0.6 is 0 Å². The van der Waals surface area contributed by atoms with E-state index in [1.807, 2.05) is 0 Å². The summed E-state index contributed by atoms with van der Waals surface area (Å²) in [5.41, 5.74) is 2.72. The molecular formula is C11H16O2. The Morgan fingerprint density at radius 3 is 2.69 bits per heavy atom. The van der Waals surface area contributed by atoms with Crippen LogP contribution in [0, 0.1) is 6.92 Å². The predicted molar refractivity (Wildman–Crippen MR) is 52.7 cm³/mol. The standard InChI is InChI=1S/C11H14O.H2O/c1-9-5-2-3-6-10(9)11-7-4-8-12-11;/h2-3,5-6,11H,4,7-8H2,1H3;1H2. The predicted octanol–water partition coefficient (Wildman–Crippen LogP) is 2.02. The lowest BCUT2D eigenvalue weighted by atomic mass is 10.0. The van der Waals surface area contributed by atoms with Crippen LogP contribution in [0.4, 0.5) is 0 Å². The first kappa shape index (κ1) is 10.2. The highest BCUT2D eigenvalue weighted by Crippen LogP contribution is 2.30. The molecule has 0 amide bonds. The number of benzene rings is 1. The first-order valence-electron chi connectivity index (χ1n) is 4.55. The summed E-state index contributed by atoms with van der Waals surface area (Å²) in [6, 6.07) is 8.49. The van der Waals surface area contributed by atoms with Crippen LogP contribution in [0.1, 0.15) is 30.1 Å². The second-order valence-electron chi connectivity index (χ2n) is 3.36. The Morgan fingerprint density at radius 2 is 2.08 bits per heavy atom. The largest absolute Gasteiger partial charge is 0.412 e. The number of hydrogen-bond donors (Lipinski definition) is 0. The summed E-state index contributed by atoms with van der Waals surface area (Å²) >= 11 is 0. The average Bonchev–Trinajstić information content (AvgIpc) is 2.57. The van der Waals surface area contributed by atoms with Crippen LogP contribution in [0.25, 0.3) is 0 Å². The van der Waals surface area contributed by atoms with Gasteiger partial charge in [-0.05, 0) is 30.9 Å². The maximum Gasteiger partial charge on any atom is 0.0828 e. The van der Waals surface area contributed by atoms with Crippen molar-refractivity contribution in [3.63, 3.8) is 0 Å². The lowest BCUT2D eigenvalue weighted by molar-refractivity contribution is 0.111. The molecule has 72 valence electrons. The zero-order chi connectivity index (χ0) is 8.39. The summed E-state index contributed by atoms with van der Waals surface area (Å²) in [5, 5.41) is 0. The second-order valence-corrected chi connectivity index (χ2v) is 3.36. The van der Waals surface area contributed by atoms with Crippen LogP contribution in [0.3, 0.4) is 0 Å². The molecule has 1 aromatic carbocycles. The third kappa shape index (κ3) is 2.08. The molecule has 1 fully saturated rings. The highest BCUT2D eigenvalue weighted by Gasteiger charge is 2.18. The van der Waals surface area contributed by atoms with Crippen molar-refractivity contribution in [2.75, 3.05) is 6.61 Å². The molecule has 0 radical (unpaired) electrons. The van der Waals surface area contributed by atoms with E-state index in [0.29, 0.717) is 6.10 Å². The van der Waals surface area contributed by atoms with Gasteiger partial charge in [0.2, 0.25) is 0 Å². The Hall–Kier alpha value is -0.860. The molecular weight excluding hydrogens is 164 g/mol. The summed E-state index contributed by atoms with van der Waals surface area (Å²) in [7, 11) is 0. The molecule has 2 N–H and O–H groups in total. The number of rotatable bonds is 1. The van der Waals surface area contributed by atoms with E-state index in [4.69, 9.17) is 4.74 Å². The maximum absolute atomic E-state index is 5.62. The molecule has 1 aliphatic rings. The average molecular weight is 180 g/mol. The monoisotopic (exact) mass is 180 g/mol. The molecule has 1 aliphatic heterocycles. The summed E-state index contributed by atoms with van der Waals surface area (Å²) in [5.74, 6) is 0. The van der Waals surface area contributed by atoms with E-state index in [2.05, 4.69) is 31.2 Å². The third-order valence-corrected chi connectivity index (χ3v) is 2.47. The molecule has 1 atom stereocenters. The molecule has 1 heterocycles. The Bertz CT molecular complexity index is 265. The van der Waals surface area contributed by atoms with Crippen molar-refractivity contribution in [3.8, 4) is 0 Å². The highest BCUT2D eigenvalue weighted by molar-refractivity contribution is 5.28. The molecule has 2 nitrogen and oxygen atoms in total. The number of ether oxygens (including phenoxy) is 1. The smallest absolute Gasteiger partial charge is 0.0828 e. The fourth-order valence-corrected chi connectivity index (χ4v) is 1.77. The molecule has 2 rings (SSSR count). The zero-order valence-electron chi connectivity index (χ0n) is 7.92.